The molecular formula is C10H19N5. The van der Waals surface area contributed by atoms with Gasteiger partial charge in [-0.2, -0.15) is 4.80 Å². The molecule has 1 aromatic rings. The molecule has 2 atom stereocenters. The van der Waals surface area contributed by atoms with Gasteiger partial charge in [0, 0.05) is 12.0 Å². The van der Waals surface area contributed by atoms with E-state index in [1.165, 1.54) is 17.6 Å². The minimum Gasteiger partial charge on any atom is -0.325 e. The third kappa shape index (κ3) is 2.53. The summed E-state index contributed by atoms with van der Waals surface area (Å²) >= 11 is 0. The van der Waals surface area contributed by atoms with Crippen LogP contribution in [0.1, 0.15) is 38.4 Å². The van der Waals surface area contributed by atoms with Crippen molar-refractivity contribution in [1.82, 2.24) is 20.2 Å². The highest BCUT2D eigenvalue weighted by Gasteiger charge is 2.32. The Hall–Kier alpha value is -0.970. The summed E-state index contributed by atoms with van der Waals surface area (Å²) in [7, 11) is 1.78. The first-order valence-electron chi connectivity index (χ1n) is 5.59. The van der Waals surface area contributed by atoms with Crippen LogP contribution >= 0.6 is 0 Å². The van der Waals surface area contributed by atoms with Crippen LogP contribution in [0.15, 0.2) is 0 Å². The van der Waals surface area contributed by atoms with Crippen molar-refractivity contribution < 1.29 is 0 Å². The van der Waals surface area contributed by atoms with E-state index in [2.05, 4.69) is 22.3 Å². The molecule has 1 aliphatic rings. The third-order valence-corrected chi connectivity index (χ3v) is 3.19. The van der Waals surface area contributed by atoms with E-state index in [4.69, 9.17) is 5.73 Å². The Morgan fingerprint density at radius 3 is 3.00 bits per heavy atom. The van der Waals surface area contributed by atoms with Crippen molar-refractivity contribution in [3.05, 3.63) is 5.82 Å². The lowest BCUT2D eigenvalue weighted by Crippen LogP contribution is -2.46. The molecule has 84 valence electrons. The Morgan fingerprint density at radius 2 is 2.40 bits per heavy atom. The van der Waals surface area contributed by atoms with Gasteiger partial charge in [0.2, 0.25) is 0 Å². The molecule has 1 fully saturated rings. The maximum absolute atomic E-state index is 6.37. The molecule has 1 aromatic heterocycles. The van der Waals surface area contributed by atoms with Gasteiger partial charge in [-0.25, -0.2) is 0 Å². The average molecular weight is 209 g/mol. The highest BCUT2D eigenvalue weighted by molar-refractivity contribution is 4.97. The van der Waals surface area contributed by atoms with Crippen molar-refractivity contribution in [2.24, 2.45) is 18.7 Å². The standard InChI is InChI=1S/C10H19N5/c1-8-4-3-5-10(11,6-8)7-9-12-14-15(2)13-9/h8H,3-7,11H2,1-2H3. The second kappa shape index (κ2) is 3.89. The van der Waals surface area contributed by atoms with Crippen LogP contribution in [0.2, 0.25) is 0 Å². The highest BCUT2D eigenvalue weighted by Crippen LogP contribution is 2.32. The average Bonchev–Trinajstić information content (AvgIpc) is 2.49. The van der Waals surface area contributed by atoms with E-state index >= 15 is 0 Å². The summed E-state index contributed by atoms with van der Waals surface area (Å²) in [6.07, 6.45) is 5.43. The van der Waals surface area contributed by atoms with E-state index in [-0.39, 0.29) is 5.54 Å². The van der Waals surface area contributed by atoms with Crippen LogP contribution in [-0.4, -0.2) is 25.7 Å². The Kier molecular flexibility index (Phi) is 2.73. The Morgan fingerprint density at radius 1 is 1.60 bits per heavy atom. The number of tetrazole rings is 1. The van der Waals surface area contributed by atoms with Crippen molar-refractivity contribution in [2.45, 2.75) is 44.6 Å². The monoisotopic (exact) mass is 209 g/mol. The minimum absolute atomic E-state index is 0.110. The first-order valence-corrected chi connectivity index (χ1v) is 5.59. The largest absolute Gasteiger partial charge is 0.325 e. The van der Waals surface area contributed by atoms with Gasteiger partial charge in [-0.3, -0.25) is 0 Å². The quantitative estimate of drug-likeness (QED) is 0.777. The van der Waals surface area contributed by atoms with E-state index in [0.29, 0.717) is 0 Å². The zero-order valence-electron chi connectivity index (χ0n) is 9.48. The van der Waals surface area contributed by atoms with Gasteiger partial charge in [0.05, 0.1) is 7.05 Å². The molecule has 0 spiro atoms. The number of nitrogens with zero attached hydrogens (tertiary/aromatic N) is 4. The zero-order valence-corrected chi connectivity index (χ0v) is 9.48. The number of hydrogen-bond donors (Lipinski definition) is 1. The van der Waals surface area contributed by atoms with Crippen molar-refractivity contribution in [1.29, 1.82) is 0 Å². The van der Waals surface area contributed by atoms with E-state index in [1.807, 2.05) is 0 Å². The molecule has 2 unspecified atom stereocenters. The number of rotatable bonds is 2. The number of aromatic nitrogens is 4. The van der Waals surface area contributed by atoms with Gasteiger partial charge in [-0.1, -0.05) is 19.8 Å². The molecule has 0 bridgehead atoms. The van der Waals surface area contributed by atoms with Gasteiger partial charge >= 0.3 is 0 Å². The third-order valence-electron chi connectivity index (χ3n) is 3.19. The molecule has 1 heterocycles. The van der Waals surface area contributed by atoms with Crippen LogP contribution in [0.3, 0.4) is 0 Å². The lowest BCUT2D eigenvalue weighted by molar-refractivity contribution is 0.232. The molecule has 1 saturated carbocycles. The normalized spacial score (nSPS) is 31.8. The first-order chi connectivity index (χ1) is 7.07. The molecule has 2 N–H and O–H groups in total. The lowest BCUT2D eigenvalue weighted by Gasteiger charge is -2.35. The fraction of sp³-hybridized carbons (Fsp3) is 0.900. The van der Waals surface area contributed by atoms with Gasteiger partial charge < -0.3 is 5.73 Å². The minimum atomic E-state index is -0.110. The van der Waals surface area contributed by atoms with E-state index in [0.717, 1.165) is 31.0 Å². The fourth-order valence-corrected chi connectivity index (χ4v) is 2.57. The van der Waals surface area contributed by atoms with E-state index in [9.17, 15) is 0 Å². The van der Waals surface area contributed by atoms with Gasteiger partial charge in [-0.05, 0) is 24.0 Å². The molecule has 0 amide bonds. The number of hydrogen-bond acceptors (Lipinski definition) is 4. The predicted octanol–water partition coefficient (Wildman–Crippen LogP) is 0.660. The second-order valence-corrected chi connectivity index (χ2v) is 4.94. The van der Waals surface area contributed by atoms with Crippen LogP contribution in [0.4, 0.5) is 0 Å². The Balaban J connectivity index is 2.03. The molecule has 0 aliphatic heterocycles. The zero-order chi connectivity index (χ0) is 10.9. The molecular weight excluding hydrogens is 190 g/mol. The summed E-state index contributed by atoms with van der Waals surface area (Å²) in [6.45, 7) is 2.27. The fourth-order valence-electron chi connectivity index (χ4n) is 2.57. The molecule has 5 nitrogen and oxygen atoms in total. The Labute approximate surface area is 90.0 Å². The molecule has 0 aromatic carbocycles. The lowest BCUT2D eigenvalue weighted by atomic mass is 9.75. The molecule has 5 heteroatoms. The van der Waals surface area contributed by atoms with E-state index in [1.54, 1.807) is 7.05 Å². The molecule has 0 radical (unpaired) electrons. The summed E-state index contributed by atoms with van der Waals surface area (Å²) in [5.74, 6) is 1.49. The van der Waals surface area contributed by atoms with Crippen LogP contribution in [-0.2, 0) is 13.5 Å². The second-order valence-electron chi connectivity index (χ2n) is 4.94. The SMILES string of the molecule is CC1CCCC(N)(Cc2nnn(C)n2)C1. The smallest absolute Gasteiger partial charge is 0.176 e. The van der Waals surface area contributed by atoms with Crippen molar-refractivity contribution in [3.8, 4) is 0 Å². The number of aryl methyl sites for hydroxylation is 1. The van der Waals surface area contributed by atoms with E-state index < -0.39 is 0 Å². The summed E-state index contributed by atoms with van der Waals surface area (Å²) in [5, 5.41) is 12.0. The maximum Gasteiger partial charge on any atom is 0.176 e. The van der Waals surface area contributed by atoms with Gasteiger partial charge in [0.15, 0.2) is 5.82 Å². The van der Waals surface area contributed by atoms with Gasteiger partial charge in [-0.15, -0.1) is 10.2 Å². The van der Waals surface area contributed by atoms with Crippen molar-refractivity contribution >= 4 is 0 Å². The highest BCUT2D eigenvalue weighted by atomic mass is 15.6. The topological polar surface area (TPSA) is 69.6 Å². The first kappa shape index (κ1) is 10.5. The number of nitrogens with two attached hydrogens (primary N) is 1. The molecule has 2 rings (SSSR count). The predicted molar refractivity (Wildman–Crippen MR) is 57.1 cm³/mol. The summed E-state index contributed by atoms with van der Waals surface area (Å²) in [6, 6.07) is 0. The van der Waals surface area contributed by atoms with Crippen molar-refractivity contribution in [3.63, 3.8) is 0 Å². The molecule has 1 aliphatic carbocycles. The summed E-state index contributed by atoms with van der Waals surface area (Å²) in [5.41, 5.74) is 6.26. The van der Waals surface area contributed by atoms with Gasteiger partial charge in [0.25, 0.3) is 0 Å². The van der Waals surface area contributed by atoms with Crippen LogP contribution < -0.4 is 5.73 Å². The van der Waals surface area contributed by atoms with Gasteiger partial charge in [0.1, 0.15) is 0 Å². The molecule has 0 saturated heterocycles. The van der Waals surface area contributed by atoms with Crippen LogP contribution in [0, 0.1) is 5.92 Å². The van der Waals surface area contributed by atoms with Crippen molar-refractivity contribution in [2.75, 3.05) is 0 Å². The summed E-state index contributed by atoms with van der Waals surface area (Å²) < 4.78 is 0. The Bertz CT molecular complexity index is 334. The maximum atomic E-state index is 6.37. The van der Waals surface area contributed by atoms with Crippen LogP contribution in [0.25, 0.3) is 0 Å². The molecule has 15 heavy (non-hydrogen) atoms. The van der Waals surface area contributed by atoms with Crippen LogP contribution in [0.5, 0.6) is 0 Å². The summed E-state index contributed by atoms with van der Waals surface area (Å²) in [4.78, 5) is 1.49.